The van der Waals surface area contributed by atoms with Crippen LogP contribution in [0.3, 0.4) is 0 Å². The van der Waals surface area contributed by atoms with Gasteiger partial charge in [-0.15, -0.1) is 0 Å². The fourth-order valence-corrected chi connectivity index (χ4v) is 2.05. The van der Waals surface area contributed by atoms with Crippen molar-refractivity contribution in [2.24, 2.45) is 5.73 Å². The third-order valence-corrected chi connectivity index (χ3v) is 3.20. The predicted molar refractivity (Wildman–Crippen MR) is 77.2 cm³/mol. The largest absolute Gasteiger partial charge is 0.344 e. The molecule has 104 valence electrons. The number of rotatable bonds is 2. The highest BCUT2D eigenvalue weighted by atomic mass is 35.5. The molecule has 2 rings (SSSR count). The number of hydrogen-bond acceptors (Lipinski definition) is 3. The average molecular weight is 292 g/mol. The van der Waals surface area contributed by atoms with Crippen LogP contribution < -0.4 is 16.4 Å². The van der Waals surface area contributed by atoms with Crippen molar-refractivity contribution in [2.45, 2.75) is 18.9 Å². The van der Waals surface area contributed by atoms with Gasteiger partial charge in [-0.3, -0.25) is 9.59 Å². The number of amides is 2. The number of halogens is 1. The number of carbonyl (C=O) groups excluding carboxylic acids is 2. The molecule has 1 aromatic carbocycles. The quantitative estimate of drug-likeness (QED) is 0.707. The molecule has 0 saturated carbocycles. The Morgan fingerprint density at radius 2 is 2.35 bits per heavy atom. The van der Waals surface area contributed by atoms with Crippen molar-refractivity contribution in [1.29, 1.82) is 0 Å². The lowest BCUT2D eigenvalue weighted by molar-refractivity contribution is -0.122. The minimum absolute atomic E-state index is 0.101. The zero-order chi connectivity index (χ0) is 14.5. The van der Waals surface area contributed by atoms with E-state index in [-0.39, 0.29) is 18.4 Å². The van der Waals surface area contributed by atoms with Crippen LogP contribution in [0.5, 0.6) is 0 Å². The number of carbonyl (C=O) groups is 2. The summed E-state index contributed by atoms with van der Waals surface area (Å²) in [5.74, 6) is 5.20. The molecule has 1 fully saturated rings. The number of hydrogen-bond donors (Lipinski definition) is 3. The van der Waals surface area contributed by atoms with Gasteiger partial charge in [0.1, 0.15) is 6.04 Å². The Morgan fingerprint density at radius 3 is 3.00 bits per heavy atom. The van der Waals surface area contributed by atoms with Crippen LogP contribution in [0.2, 0.25) is 5.02 Å². The van der Waals surface area contributed by atoms with Crippen LogP contribution in [0.15, 0.2) is 18.2 Å². The summed E-state index contributed by atoms with van der Waals surface area (Å²) < 4.78 is 0. The van der Waals surface area contributed by atoms with E-state index in [2.05, 4.69) is 22.5 Å². The Bertz CT molecular complexity index is 604. The van der Waals surface area contributed by atoms with Gasteiger partial charge < -0.3 is 16.4 Å². The molecule has 1 heterocycles. The molecule has 20 heavy (non-hydrogen) atoms. The second-order valence-corrected chi connectivity index (χ2v) is 4.76. The fraction of sp³-hybridized carbons (Fsp3) is 0.286. The predicted octanol–water partition coefficient (Wildman–Crippen LogP) is 0.867. The van der Waals surface area contributed by atoms with Crippen LogP contribution >= 0.6 is 11.6 Å². The molecule has 5 nitrogen and oxygen atoms in total. The van der Waals surface area contributed by atoms with Gasteiger partial charge in [0.25, 0.3) is 0 Å². The molecule has 1 aliphatic rings. The summed E-state index contributed by atoms with van der Waals surface area (Å²) in [6, 6.07) is 4.55. The normalized spacial score (nSPS) is 17.1. The Hall–Kier alpha value is -2.03. The molecule has 0 bridgehead atoms. The van der Waals surface area contributed by atoms with E-state index in [1.165, 1.54) is 0 Å². The molecule has 0 aromatic heterocycles. The molecular weight excluding hydrogens is 278 g/mol. The Kier molecular flexibility index (Phi) is 4.61. The summed E-state index contributed by atoms with van der Waals surface area (Å²) in [5.41, 5.74) is 6.50. The van der Waals surface area contributed by atoms with Crippen LogP contribution in [-0.4, -0.2) is 24.4 Å². The fourth-order valence-electron chi connectivity index (χ4n) is 1.89. The summed E-state index contributed by atoms with van der Waals surface area (Å²) in [5, 5.41) is 5.85. The van der Waals surface area contributed by atoms with Crippen molar-refractivity contribution in [3.8, 4) is 11.8 Å². The lowest BCUT2D eigenvalue weighted by atomic mass is 10.1. The van der Waals surface area contributed by atoms with Gasteiger partial charge in [0.05, 0.1) is 11.6 Å². The molecule has 0 aliphatic carbocycles. The van der Waals surface area contributed by atoms with Gasteiger partial charge in [-0.05, 0) is 24.6 Å². The highest BCUT2D eigenvalue weighted by molar-refractivity contribution is 6.31. The van der Waals surface area contributed by atoms with Gasteiger partial charge in [0, 0.05) is 17.7 Å². The zero-order valence-corrected chi connectivity index (χ0v) is 11.5. The average Bonchev–Trinajstić information content (AvgIpc) is 2.86. The molecule has 0 spiro atoms. The minimum atomic E-state index is -0.475. The summed E-state index contributed by atoms with van der Waals surface area (Å²) in [4.78, 5) is 23.0. The van der Waals surface area contributed by atoms with Crippen molar-refractivity contribution >= 4 is 29.1 Å². The molecule has 6 heteroatoms. The first-order valence-corrected chi connectivity index (χ1v) is 6.56. The molecular formula is C14H14ClN3O2. The molecule has 0 radical (unpaired) electrons. The molecule has 1 saturated heterocycles. The van der Waals surface area contributed by atoms with Crippen LogP contribution in [0, 0.1) is 11.8 Å². The summed E-state index contributed by atoms with van der Waals surface area (Å²) in [7, 11) is 0. The third-order valence-electron chi connectivity index (χ3n) is 2.87. The molecule has 1 unspecified atom stereocenters. The standard InChI is InChI=1S/C14H14ClN3O2/c15-11-4-3-10(8-9(11)2-1-7-16)17-14(20)12-5-6-13(19)18-12/h3-4,8,12H,5-7,16H2,(H,17,20)(H,18,19). The smallest absolute Gasteiger partial charge is 0.246 e. The van der Waals surface area contributed by atoms with Crippen LogP contribution in [0.4, 0.5) is 5.69 Å². The number of nitrogens with one attached hydrogen (secondary N) is 2. The van der Waals surface area contributed by atoms with E-state index in [1.807, 2.05) is 0 Å². The Morgan fingerprint density at radius 1 is 1.55 bits per heavy atom. The molecule has 1 aliphatic heterocycles. The van der Waals surface area contributed by atoms with Gasteiger partial charge in [-0.25, -0.2) is 0 Å². The highest BCUT2D eigenvalue weighted by Crippen LogP contribution is 2.20. The van der Waals surface area contributed by atoms with Crippen LogP contribution in [0.25, 0.3) is 0 Å². The second-order valence-electron chi connectivity index (χ2n) is 4.35. The summed E-state index contributed by atoms with van der Waals surface area (Å²) in [6.07, 6.45) is 0.893. The van der Waals surface area contributed by atoms with Crippen molar-refractivity contribution < 1.29 is 9.59 Å². The van der Waals surface area contributed by atoms with Gasteiger partial charge in [-0.2, -0.15) is 0 Å². The molecule has 4 N–H and O–H groups in total. The SMILES string of the molecule is NCC#Cc1cc(NC(=O)C2CCC(=O)N2)ccc1Cl. The van der Waals surface area contributed by atoms with E-state index in [0.717, 1.165) is 0 Å². The minimum Gasteiger partial charge on any atom is -0.344 e. The van der Waals surface area contributed by atoms with Crippen molar-refractivity contribution in [1.82, 2.24) is 5.32 Å². The van der Waals surface area contributed by atoms with Gasteiger partial charge in [0.15, 0.2) is 0 Å². The van der Waals surface area contributed by atoms with Crippen LogP contribution in [0.1, 0.15) is 18.4 Å². The Labute approximate surface area is 121 Å². The maximum atomic E-state index is 12.0. The van der Waals surface area contributed by atoms with E-state index in [9.17, 15) is 9.59 Å². The number of nitrogens with two attached hydrogens (primary N) is 1. The van der Waals surface area contributed by atoms with Crippen molar-refractivity contribution in [2.75, 3.05) is 11.9 Å². The number of anilines is 1. The second kappa shape index (κ2) is 6.42. The monoisotopic (exact) mass is 291 g/mol. The van der Waals surface area contributed by atoms with Crippen molar-refractivity contribution in [3.05, 3.63) is 28.8 Å². The van der Waals surface area contributed by atoms with Gasteiger partial charge in [-0.1, -0.05) is 23.4 Å². The lowest BCUT2D eigenvalue weighted by Crippen LogP contribution is -2.37. The van der Waals surface area contributed by atoms with E-state index in [0.29, 0.717) is 29.1 Å². The maximum absolute atomic E-state index is 12.0. The van der Waals surface area contributed by atoms with E-state index >= 15 is 0 Å². The first kappa shape index (κ1) is 14.4. The zero-order valence-electron chi connectivity index (χ0n) is 10.7. The number of benzene rings is 1. The highest BCUT2D eigenvalue weighted by Gasteiger charge is 2.27. The Balaban J connectivity index is 2.09. The first-order chi connectivity index (χ1) is 9.60. The van der Waals surface area contributed by atoms with Gasteiger partial charge >= 0.3 is 0 Å². The van der Waals surface area contributed by atoms with Crippen molar-refractivity contribution in [3.63, 3.8) is 0 Å². The van der Waals surface area contributed by atoms with E-state index in [4.69, 9.17) is 17.3 Å². The molecule has 1 aromatic rings. The summed E-state index contributed by atoms with van der Waals surface area (Å²) >= 11 is 6.00. The topological polar surface area (TPSA) is 84.2 Å². The summed E-state index contributed by atoms with van der Waals surface area (Å²) in [6.45, 7) is 0.237. The maximum Gasteiger partial charge on any atom is 0.246 e. The third kappa shape index (κ3) is 3.50. The van der Waals surface area contributed by atoms with E-state index in [1.54, 1.807) is 18.2 Å². The lowest BCUT2D eigenvalue weighted by Gasteiger charge is -2.11. The van der Waals surface area contributed by atoms with Crippen LogP contribution in [-0.2, 0) is 9.59 Å². The van der Waals surface area contributed by atoms with Gasteiger partial charge in [0.2, 0.25) is 11.8 Å². The molecule has 2 amide bonds. The molecule has 1 atom stereocenters. The first-order valence-electron chi connectivity index (χ1n) is 6.19. The van der Waals surface area contributed by atoms with E-state index < -0.39 is 6.04 Å².